The van der Waals surface area contributed by atoms with E-state index in [0.29, 0.717) is 10.7 Å². The van der Waals surface area contributed by atoms with Gasteiger partial charge >= 0.3 is 0 Å². The third-order valence-electron chi connectivity index (χ3n) is 3.65. The lowest BCUT2D eigenvalue weighted by Gasteiger charge is -2.29. The minimum absolute atomic E-state index is 0.0495. The Balaban J connectivity index is 2.00. The predicted octanol–water partition coefficient (Wildman–Crippen LogP) is 2.58. The second-order valence-corrected chi connectivity index (χ2v) is 5.30. The number of hydrogen-bond donors (Lipinski definition) is 2. The SMILES string of the molecule is CC1OCCC1(C)NCc1ccc(N)c(Cl)c1. The third-order valence-corrected chi connectivity index (χ3v) is 3.98. The Bertz CT molecular complexity index is 410. The molecule has 0 aliphatic carbocycles. The van der Waals surface area contributed by atoms with Crippen molar-refractivity contribution >= 4 is 17.3 Å². The van der Waals surface area contributed by atoms with Crippen molar-refractivity contribution in [2.45, 2.75) is 38.5 Å². The fourth-order valence-corrected chi connectivity index (χ4v) is 2.25. The molecule has 0 amide bonds. The van der Waals surface area contributed by atoms with E-state index in [-0.39, 0.29) is 11.6 Å². The summed E-state index contributed by atoms with van der Waals surface area (Å²) in [6, 6.07) is 5.75. The van der Waals surface area contributed by atoms with E-state index in [1.54, 1.807) is 0 Å². The summed E-state index contributed by atoms with van der Waals surface area (Å²) in [7, 11) is 0. The van der Waals surface area contributed by atoms with E-state index in [4.69, 9.17) is 22.1 Å². The Kier molecular flexibility index (Phi) is 3.61. The highest BCUT2D eigenvalue weighted by molar-refractivity contribution is 6.33. The Labute approximate surface area is 107 Å². The Hall–Kier alpha value is -0.770. The molecule has 2 unspecified atom stereocenters. The van der Waals surface area contributed by atoms with Crippen molar-refractivity contribution in [3.05, 3.63) is 28.8 Å². The fraction of sp³-hybridized carbons (Fsp3) is 0.538. The summed E-state index contributed by atoms with van der Waals surface area (Å²) < 4.78 is 5.59. The summed E-state index contributed by atoms with van der Waals surface area (Å²) in [6.07, 6.45) is 1.28. The van der Waals surface area contributed by atoms with Crippen molar-refractivity contribution in [3.8, 4) is 0 Å². The Morgan fingerprint density at radius 2 is 2.35 bits per heavy atom. The van der Waals surface area contributed by atoms with Gasteiger partial charge in [-0.3, -0.25) is 0 Å². The fourth-order valence-electron chi connectivity index (χ4n) is 2.05. The van der Waals surface area contributed by atoms with Crippen molar-refractivity contribution in [2.24, 2.45) is 0 Å². The molecule has 0 bridgehead atoms. The van der Waals surface area contributed by atoms with E-state index in [0.717, 1.165) is 25.1 Å². The van der Waals surface area contributed by atoms with E-state index in [9.17, 15) is 0 Å². The molecule has 94 valence electrons. The third kappa shape index (κ3) is 2.73. The zero-order valence-electron chi connectivity index (χ0n) is 10.3. The van der Waals surface area contributed by atoms with Crippen molar-refractivity contribution < 1.29 is 4.74 Å². The van der Waals surface area contributed by atoms with Crippen LogP contribution in [0.4, 0.5) is 5.69 Å². The van der Waals surface area contributed by atoms with Gasteiger partial charge in [0.25, 0.3) is 0 Å². The average Bonchev–Trinajstić information content (AvgIpc) is 2.62. The summed E-state index contributed by atoms with van der Waals surface area (Å²) >= 11 is 6.00. The molecule has 1 heterocycles. The molecule has 1 aromatic carbocycles. The van der Waals surface area contributed by atoms with Crippen molar-refractivity contribution in [1.82, 2.24) is 5.32 Å². The van der Waals surface area contributed by atoms with Crippen LogP contribution in [0, 0.1) is 0 Å². The number of ether oxygens (including phenoxy) is 1. The average molecular weight is 255 g/mol. The first-order chi connectivity index (χ1) is 8.01. The lowest BCUT2D eigenvalue weighted by Crippen LogP contribution is -2.47. The van der Waals surface area contributed by atoms with Crippen molar-refractivity contribution in [1.29, 1.82) is 0 Å². The summed E-state index contributed by atoms with van der Waals surface area (Å²) in [6.45, 7) is 5.91. The van der Waals surface area contributed by atoms with E-state index in [1.807, 2.05) is 18.2 Å². The van der Waals surface area contributed by atoms with E-state index < -0.39 is 0 Å². The zero-order valence-corrected chi connectivity index (χ0v) is 11.1. The molecule has 0 spiro atoms. The highest BCUT2D eigenvalue weighted by atomic mass is 35.5. The van der Waals surface area contributed by atoms with Gasteiger partial charge in [0, 0.05) is 18.7 Å². The summed E-state index contributed by atoms with van der Waals surface area (Å²) in [5.74, 6) is 0. The maximum atomic E-state index is 6.00. The summed E-state index contributed by atoms with van der Waals surface area (Å²) in [5, 5.41) is 4.16. The highest BCUT2D eigenvalue weighted by Crippen LogP contribution is 2.26. The van der Waals surface area contributed by atoms with Gasteiger partial charge in [-0.15, -0.1) is 0 Å². The normalized spacial score (nSPS) is 28.5. The summed E-state index contributed by atoms with van der Waals surface area (Å²) in [4.78, 5) is 0. The molecule has 17 heavy (non-hydrogen) atoms. The number of anilines is 1. The Morgan fingerprint density at radius 1 is 1.59 bits per heavy atom. The van der Waals surface area contributed by atoms with Crippen LogP contribution in [0.3, 0.4) is 0 Å². The van der Waals surface area contributed by atoms with Crippen LogP contribution in [0.25, 0.3) is 0 Å². The van der Waals surface area contributed by atoms with Gasteiger partial charge in [0.2, 0.25) is 0 Å². The molecule has 0 aromatic heterocycles. The van der Waals surface area contributed by atoms with Gasteiger partial charge in [-0.25, -0.2) is 0 Å². The number of nitrogen functional groups attached to an aromatic ring is 1. The minimum atomic E-state index is 0.0495. The molecule has 1 saturated heterocycles. The van der Waals surface area contributed by atoms with Crippen LogP contribution in [-0.2, 0) is 11.3 Å². The maximum Gasteiger partial charge on any atom is 0.0726 e. The molecule has 3 N–H and O–H groups in total. The van der Waals surface area contributed by atoms with Gasteiger partial charge in [-0.05, 0) is 38.0 Å². The van der Waals surface area contributed by atoms with Gasteiger partial charge in [-0.1, -0.05) is 17.7 Å². The van der Waals surface area contributed by atoms with Gasteiger partial charge in [0.15, 0.2) is 0 Å². The molecule has 0 saturated carbocycles. The number of nitrogens with one attached hydrogen (secondary N) is 1. The number of hydrogen-bond acceptors (Lipinski definition) is 3. The van der Waals surface area contributed by atoms with Crippen LogP contribution in [0.5, 0.6) is 0 Å². The van der Waals surface area contributed by atoms with Crippen molar-refractivity contribution in [3.63, 3.8) is 0 Å². The molecule has 1 fully saturated rings. The predicted molar refractivity (Wildman–Crippen MR) is 71.1 cm³/mol. The lowest BCUT2D eigenvalue weighted by molar-refractivity contribution is 0.0881. The first kappa shape index (κ1) is 12.7. The van der Waals surface area contributed by atoms with Gasteiger partial charge < -0.3 is 15.8 Å². The second-order valence-electron chi connectivity index (χ2n) is 4.89. The molecule has 3 nitrogen and oxygen atoms in total. The van der Waals surface area contributed by atoms with Gasteiger partial charge in [0.1, 0.15) is 0 Å². The smallest absolute Gasteiger partial charge is 0.0726 e. The van der Waals surface area contributed by atoms with Crippen molar-refractivity contribution in [2.75, 3.05) is 12.3 Å². The van der Waals surface area contributed by atoms with Crippen LogP contribution in [-0.4, -0.2) is 18.2 Å². The Morgan fingerprint density at radius 3 is 2.94 bits per heavy atom. The molecule has 2 rings (SSSR count). The number of benzene rings is 1. The molecule has 0 radical (unpaired) electrons. The molecule has 1 aromatic rings. The highest BCUT2D eigenvalue weighted by Gasteiger charge is 2.36. The summed E-state index contributed by atoms with van der Waals surface area (Å²) in [5.41, 5.74) is 7.50. The number of rotatable bonds is 3. The zero-order chi connectivity index (χ0) is 12.5. The number of halogens is 1. The standard InChI is InChI=1S/C13H19ClN2O/c1-9-13(2,5-6-17-9)16-8-10-3-4-12(15)11(14)7-10/h3-4,7,9,16H,5-6,8,15H2,1-2H3. The van der Waals surface area contributed by atoms with Gasteiger partial charge in [-0.2, -0.15) is 0 Å². The first-order valence-electron chi connectivity index (χ1n) is 5.92. The monoisotopic (exact) mass is 254 g/mol. The largest absolute Gasteiger partial charge is 0.398 e. The van der Waals surface area contributed by atoms with E-state index >= 15 is 0 Å². The molecule has 2 atom stereocenters. The molecular formula is C13H19ClN2O. The van der Waals surface area contributed by atoms with Crippen LogP contribution < -0.4 is 11.1 Å². The molecular weight excluding hydrogens is 236 g/mol. The first-order valence-corrected chi connectivity index (χ1v) is 6.29. The van der Waals surface area contributed by atoms with Crippen LogP contribution in [0.15, 0.2) is 18.2 Å². The van der Waals surface area contributed by atoms with E-state index in [1.165, 1.54) is 0 Å². The van der Waals surface area contributed by atoms with Crippen LogP contribution >= 0.6 is 11.6 Å². The van der Waals surface area contributed by atoms with Crippen LogP contribution in [0.1, 0.15) is 25.8 Å². The molecule has 1 aliphatic rings. The topological polar surface area (TPSA) is 47.3 Å². The maximum absolute atomic E-state index is 6.00. The molecule has 4 heteroatoms. The van der Waals surface area contributed by atoms with Gasteiger partial charge in [0.05, 0.1) is 16.8 Å². The lowest BCUT2D eigenvalue weighted by atomic mass is 9.94. The van der Waals surface area contributed by atoms with E-state index in [2.05, 4.69) is 19.2 Å². The minimum Gasteiger partial charge on any atom is -0.398 e. The quantitative estimate of drug-likeness (QED) is 0.815. The number of nitrogens with two attached hydrogens (primary N) is 1. The second kappa shape index (κ2) is 4.84. The molecule has 1 aliphatic heterocycles. The van der Waals surface area contributed by atoms with Crippen LogP contribution in [0.2, 0.25) is 5.02 Å².